The zero-order valence-electron chi connectivity index (χ0n) is 25.0. The van der Waals surface area contributed by atoms with E-state index in [1.807, 2.05) is 85.8 Å². The number of nitrogens with zero attached hydrogens (tertiary/aromatic N) is 3. The predicted octanol–water partition coefficient (Wildman–Crippen LogP) is 7.57. The van der Waals surface area contributed by atoms with Crippen molar-refractivity contribution in [2.45, 2.75) is 48.0 Å². The van der Waals surface area contributed by atoms with E-state index < -0.39 is 11.7 Å². The first-order valence-corrected chi connectivity index (χ1v) is 14.2. The number of fused-ring (bicyclic) bond motifs is 1. The van der Waals surface area contributed by atoms with E-state index >= 15 is 0 Å². The van der Waals surface area contributed by atoms with E-state index in [2.05, 4.69) is 31.1 Å². The first-order chi connectivity index (χ1) is 20.1. The van der Waals surface area contributed by atoms with Gasteiger partial charge in [-0.05, 0) is 68.0 Å². The number of esters is 1. The van der Waals surface area contributed by atoms with Crippen molar-refractivity contribution < 1.29 is 9.53 Å². The third-order valence-corrected chi connectivity index (χ3v) is 6.99. The molecule has 0 aliphatic carbocycles. The number of hydrogen-bond acceptors (Lipinski definition) is 6. The first-order valence-electron chi connectivity index (χ1n) is 14.2. The van der Waals surface area contributed by atoms with E-state index in [1.54, 1.807) is 13.8 Å². The second kappa shape index (κ2) is 11.6. The van der Waals surface area contributed by atoms with Gasteiger partial charge in [-0.1, -0.05) is 80.9 Å². The molecule has 42 heavy (non-hydrogen) atoms. The van der Waals surface area contributed by atoms with Gasteiger partial charge in [0.25, 0.3) is 0 Å². The zero-order valence-corrected chi connectivity index (χ0v) is 25.0. The summed E-state index contributed by atoms with van der Waals surface area (Å²) in [6, 6.07) is 25.4. The average Bonchev–Trinajstić information content (AvgIpc) is 2.94. The Morgan fingerprint density at radius 3 is 2.19 bits per heavy atom. The van der Waals surface area contributed by atoms with E-state index in [0.29, 0.717) is 39.4 Å². The standard InChI is InChI=1S/C35H36N4O3/c1-7-42-33(40)28-23(3)36-32-30(29(28)25-11-9-8-10-12-25)31(37-26-17-13-22(2)14-18-26)38-34(41)39(32)27-19-15-24(16-20-27)21-35(4,5)6/h8-20H,7,21H2,1-6H3,(H,37,38,41). The van der Waals surface area contributed by atoms with E-state index in [1.165, 1.54) is 10.1 Å². The van der Waals surface area contributed by atoms with Crippen molar-refractivity contribution >= 4 is 28.5 Å². The number of benzene rings is 3. The highest BCUT2D eigenvalue weighted by Gasteiger charge is 2.26. The van der Waals surface area contributed by atoms with Crippen LogP contribution in [0.2, 0.25) is 0 Å². The van der Waals surface area contributed by atoms with Gasteiger partial charge in [0.15, 0.2) is 5.65 Å². The van der Waals surface area contributed by atoms with Crippen LogP contribution in [0.25, 0.3) is 27.8 Å². The molecule has 3 aromatic carbocycles. The summed E-state index contributed by atoms with van der Waals surface area (Å²) in [6.45, 7) is 12.4. The highest BCUT2D eigenvalue weighted by Crippen LogP contribution is 2.38. The molecule has 7 heteroatoms. The molecule has 0 fully saturated rings. The Morgan fingerprint density at radius 1 is 0.905 bits per heavy atom. The lowest BCUT2D eigenvalue weighted by Gasteiger charge is -2.21. The topological polar surface area (TPSA) is 86.1 Å². The van der Waals surface area contributed by atoms with E-state index in [9.17, 15) is 9.59 Å². The zero-order chi connectivity index (χ0) is 30.0. The maximum absolute atomic E-state index is 13.8. The lowest BCUT2D eigenvalue weighted by molar-refractivity contribution is 0.0526. The SMILES string of the molecule is CCOC(=O)c1c(C)nc2c(c(Nc3ccc(C)cc3)nc(=O)n2-c2ccc(CC(C)(C)C)cc2)c1-c1ccccc1. The lowest BCUT2D eigenvalue weighted by Crippen LogP contribution is -2.25. The number of nitrogens with one attached hydrogen (secondary N) is 1. The molecule has 0 spiro atoms. The van der Waals surface area contributed by atoms with Crippen molar-refractivity contribution in [1.29, 1.82) is 0 Å². The first kappa shape index (κ1) is 28.7. The average molecular weight is 561 g/mol. The molecule has 214 valence electrons. The summed E-state index contributed by atoms with van der Waals surface area (Å²) in [7, 11) is 0. The van der Waals surface area contributed by atoms with Crippen molar-refractivity contribution in [1.82, 2.24) is 14.5 Å². The van der Waals surface area contributed by atoms with Gasteiger partial charge in [-0.3, -0.25) is 0 Å². The summed E-state index contributed by atoms with van der Waals surface area (Å²) < 4.78 is 7.01. The molecule has 0 unspecified atom stereocenters. The van der Waals surface area contributed by atoms with Crippen LogP contribution in [0.1, 0.15) is 54.9 Å². The van der Waals surface area contributed by atoms with Crippen LogP contribution in [0.3, 0.4) is 0 Å². The molecule has 0 bridgehead atoms. The minimum Gasteiger partial charge on any atom is -0.462 e. The van der Waals surface area contributed by atoms with Gasteiger partial charge >= 0.3 is 11.7 Å². The molecule has 0 saturated heterocycles. The van der Waals surface area contributed by atoms with Gasteiger partial charge in [-0.15, -0.1) is 0 Å². The van der Waals surface area contributed by atoms with Gasteiger partial charge in [0.1, 0.15) is 5.82 Å². The van der Waals surface area contributed by atoms with Gasteiger partial charge in [-0.2, -0.15) is 4.98 Å². The molecule has 0 atom stereocenters. The number of aryl methyl sites for hydroxylation is 2. The number of anilines is 2. The number of hydrogen-bond donors (Lipinski definition) is 1. The highest BCUT2D eigenvalue weighted by molar-refractivity contribution is 6.11. The molecular weight excluding hydrogens is 524 g/mol. The number of carbonyl (C=O) groups excluding carboxylic acids is 1. The number of carbonyl (C=O) groups is 1. The Morgan fingerprint density at radius 2 is 1.57 bits per heavy atom. The Bertz CT molecular complexity index is 1800. The lowest BCUT2D eigenvalue weighted by atomic mass is 9.88. The molecule has 5 rings (SSSR count). The molecule has 0 aliphatic heterocycles. The van der Waals surface area contributed by atoms with Crippen LogP contribution in [0, 0.1) is 19.3 Å². The summed E-state index contributed by atoms with van der Waals surface area (Å²) >= 11 is 0. The largest absolute Gasteiger partial charge is 0.462 e. The maximum atomic E-state index is 13.8. The fourth-order valence-corrected chi connectivity index (χ4v) is 5.19. The van der Waals surface area contributed by atoms with Crippen molar-refractivity contribution in [3.63, 3.8) is 0 Å². The molecular formula is C35H36N4O3. The van der Waals surface area contributed by atoms with Crippen LogP contribution in [0.15, 0.2) is 83.7 Å². The smallest absolute Gasteiger partial charge is 0.355 e. The minimum absolute atomic E-state index is 0.128. The van der Waals surface area contributed by atoms with Crippen molar-refractivity contribution in [2.24, 2.45) is 5.41 Å². The number of rotatable bonds is 7. The van der Waals surface area contributed by atoms with Crippen molar-refractivity contribution in [3.05, 3.63) is 112 Å². The molecule has 0 saturated carbocycles. The van der Waals surface area contributed by atoms with Crippen molar-refractivity contribution in [3.8, 4) is 16.8 Å². The quantitative estimate of drug-likeness (QED) is 0.207. The molecule has 0 aliphatic rings. The molecule has 7 nitrogen and oxygen atoms in total. The van der Waals surface area contributed by atoms with Crippen LogP contribution < -0.4 is 11.0 Å². The molecule has 5 aromatic rings. The molecule has 0 radical (unpaired) electrons. The van der Waals surface area contributed by atoms with E-state index in [-0.39, 0.29) is 12.0 Å². The number of ether oxygens (including phenoxy) is 1. The number of aromatic nitrogens is 3. The van der Waals surface area contributed by atoms with Crippen LogP contribution in [-0.2, 0) is 11.2 Å². The van der Waals surface area contributed by atoms with E-state index in [0.717, 1.165) is 23.2 Å². The van der Waals surface area contributed by atoms with Crippen LogP contribution in [-0.4, -0.2) is 27.1 Å². The van der Waals surface area contributed by atoms with Crippen molar-refractivity contribution in [2.75, 3.05) is 11.9 Å². The summed E-state index contributed by atoms with van der Waals surface area (Å²) in [5, 5.41) is 3.89. The predicted molar refractivity (Wildman–Crippen MR) is 169 cm³/mol. The second-order valence-corrected chi connectivity index (χ2v) is 11.7. The Labute approximate surface area is 246 Å². The molecule has 0 amide bonds. The normalized spacial score (nSPS) is 11.5. The minimum atomic E-state index is -0.478. The fourth-order valence-electron chi connectivity index (χ4n) is 5.19. The van der Waals surface area contributed by atoms with Gasteiger partial charge < -0.3 is 10.1 Å². The Kier molecular flexibility index (Phi) is 7.94. The molecule has 1 N–H and O–H groups in total. The van der Waals surface area contributed by atoms with Gasteiger partial charge in [-0.25, -0.2) is 19.1 Å². The Balaban J connectivity index is 1.85. The second-order valence-electron chi connectivity index (χ2n) is 11.7. The maximum Gasteiger partial charge on any atom is 0.355 e. The van der Waals surface area contributed by atoms with Crippen LogP contribution in [0.5, 0.6) is 0 Å². The van der Waals surface area contributed by atoms with Gasteiger partial charge in [0.05, 0.1) is 28.9 Å². The van der Waals surface area contributed by atoms with Gasteiger partial charge in [0.2, 0.25) is 0 Å². The van der Waals surface area contributed by atoms with Crippen LogP contribution >= 0.6 is 0 Å². The molecule has 2 aromatic heterocycles. The van der Waals surface area contributed by atoms with E-state index in [4.69, 9.17) is 9.72 Å². The third kappa shape index (κ3) is 5.96. The van der Waals surface area contributed by atoms with Gasteiger partial charge in [0, 0.05) is 11.3 Å². The Hall–Kier alpha value is -4.78. The van der Waals surface area contributed by atoms with Crippen LogP contribution in [0.4, 0.5) is 11.5 Å². The summed E-state index contributed by atoms with van der Waals surface area (Å²) in [4.78, 5) is 36.6. The third-order valence-electron chi connectivity index (χ3n) is 6.99. The summed E-state index contributed by atoms with van der Waals surface area (Å²) in [5.74, 6) is -0.162. The fraction of sp³-hybridized carbons (Fsp3) is 0.257. The highest BCUT2D eigenvalue weighted by atomic mass is 16.5. The molecule has 2 heterocycles. The summed E-state index contributed by atoms with van der Waals surface area (Å²) in [5.41, 5.74) is 5.94. The monoisotopic (exact) mass is 560 g/mol. The number of pyridine rings is 1. The summed E-state index contributed by atoms with van der Waals surface area (Å²) in [6.07, 6.45) is 0.902.